The minimum Gasteiger partial charge on any atom is -0.479 e. The molecule has 1 saturated heterocycles. The van der Waals surface area contributed by atoms with Crippen molar-refractivity contribution in [3.63, 3.8) is 0 Å². The van der Waals surface area contributed by atoms with Crippen LogP contribution in [0.1, 0.15) is 42.7 Å². The van der Waals surface area contributed by atoms with Gasteiger partial charge >= 0.3 is 12.1 Å². The summed E-state index contributed by atoms with van der Waals surface area (Å²) in [6.45, 7) is 0.808. The largest absolute Gasteiger partial charge is 0.479 e. The SMILES string of the molecule is COC(CCNC(=O)OCC1c2ccccc2-c2ccccc21)C(=O)N1CCC[C@@H]2C[C@@]21C(=O)O. The number of likely N-dealkylation sites (tertiary alicyclic amines) is 1. The van der Waals surface area contributed by atoms with Crippen molar-refractivity contribution in [2.75, 3.05) is 26.8 Å². The minimum atomic E-state index is -1.08. The highest BCUT2D eigenvalue weighted by Crippen LogP contribution is 2.54. The Hall–Kier alpha value is -3.39. The van der Waals surface area contributed by atoms with Gasteiger partial charge in [0, 0.05) is 32.5 Å². The zero-order chi connectivity index (χ0) is 24.6. The molecule has 3 aliphatic rings. The number of methoxy groups -OCH3 is 1. The molecule has 2 aromatic rings. The molecule has 184 valence electrons. The number of carboxylic acids is 1. The number of hydrogen-bond acceptors (Lipinski definition) is 5. The van der Waals surface area contributed by atoms with Gasteiger partial charge in [-0.1, -0.05) is 48.5 Å². The first-order valence-electron chi connectivity index (χ1n) is 12.1. The Morgan fingerprint density at radius 2 is 1.77 bits per heavy atom. The number of amides is 2. The third-order valence-corrected chi connectivity index (χ3v) is 7.70. The van der Waals surface area contributed by atoms with Gasteiger partial charge in [0.15, 0.2) is 0 Å². The average molecular weight is 479 g/mol. The summed E-state index contributed by atoms with van der Waals surface area (Å²) >= 11 is 0. The second-order valence-electron chi connectivity index (χ2n) is 9.53. The van der Waals surface area contributed by atoms with Gasteiger partial charge < -0.3 is 24.8 Å². The summed E-state index contributed by atoms with van der Waals surface area (Å²) in [5.41, 5.74) is 3.52. The molecule has 1 saturated carbocycles. The molecule has 1 aliphatic heterocycles. The molecule has 8 nitrogen and oxygen atoms in total. The molecule has 0 bridgehead atoms. The molecular formula is C27H30N2O6. The summed E-state index contributed by atoms with van der Waals surface area (Å²) in [6.07, 6.45) is 0.978. The molecule has 0 spiro atoms. The first-order valence-corrected chi connectivity index (χ1v) is 12.1. The van der Waals surface area contributed by atoms with Crippen molar-refractivity contribution >= 4 is 18.0 Å². The fraction of sp³-hybridized carbons (Fsp3) is 0.444. The summed E-state index contributed by atoms with van der Waals surface area (Å²) in [5, 5.41) is 12.4. The van der Waals surface area contributed by atoms with Gasteiger partial charge in [-0.25, -0.2) is 9.59 Å². The predicted octanol–water partition coefficient (Wildman–Crippen LogP) is 3.40. The summed E-state index contributed by atoms with van der Waals surface area (Å²) < 4.78 is 10.9. The Labute approximate surface area is 204 Å². The molecule has 5 rings (SSSR count). The molecule has 3 atom stereocenters. The highest BCUT2D eigenvalue weighted by atomic mass is 16.5. The Balaban J connectivity index is 1.14. The number of hydrogen-bond donors (Lipinski definition) is 2. The molecule has 2 amide bonds. The van der Waals surface area contributed by atoms with E-state index >= 15 is 0 Å². The van der Waals surface area contributed by atoms with Crippen molar-refractivity contribution in [3.05, 3.63) is 59.7 Å². The van der Waals surface area contributed by atoms with E-state index in [0.29, 0.717) is 13.0 Å². The van der Waals surface area contributed by atoms with Crippen molar-refractivity contribution in [1.29, 1.82) is 0 Å². The summed E-state index contributed by atoms with van der Waals surface area (Å²) in [6, 6.07) is 16.3. The molecule has 8 heteroatoms. The van der Waals surface area contributed by atoms with Crippen LogP contribution in [0.15, 0.2) is 48.5 Å². The van der Waals surface area contributed by atoms with Crippen LogP contribution in [-0.2, 0) is 19.1 Å². The number of fused-ring (bicyclic) bond motifs is 4. The van der Waals surface area contributed by atoms with Gasteiger partial charge in [0.25, 0.3) is 5.91 Å². The van der Waals surface area contributed by atoms with Crippen molar-refractivity contribution in [1.82, 2.24) is 10.2 Å². The van der Waals surface area contributed by atoms with Gasteiger partial charge in [0.05, 0.1) is 0 Å². The van der Waals surface area contributed by atoms with E-state index in [1.54, 1.807) is 0 Å². The van der Waals surface area contributed by atoms with Crippen LogP contribution in [0.3, 0.4) is 0 Å². The second kappa shape index (κ2) is 9.34. The standard InChI is InChI=1S/C27H30N2O6/c1-34-23(24(30)29-14-6-7-17-15-27(17,29)25(31)32)12-13-28-26(33)35-16-22-20-10-4-2-8-18(20)19-9-3-5-11-21(19)22/h2-5,8-11,17,22-23H,6-7,12-16H2,1H3,(H,28,33)(H,31,32)/t17-,23?,27+/m1/s1. The number of alkyl carbamates (subject to hydrolysis) is 1. The topological polar surface area (TPSA) is 105 Å². The third-order valence-electron chi connectivity index (χ3n) is 7.70. The maximum Gasteiger partial charge on any atom is 0.407 e. The highest BCUT2D eigenvalue weighted by Gasteiger charge is 2.67. The molecule has 2 fully saturated rings. The van der Waals surface area contributed by atoms with Crippen LogP contribution in [0.2, 0.25) is 0 Å². The number of piperidine rings is 1. The van der Waals surface area contributed by atoms with E-state index in [2.05, 4.69) is 29.6 Å². The van der Waals surface area contributed by atoms with Crippen LogP contribution < -0.4 is 5.32 Å². The number of benzene rings is 2. The lowest BCUT2D eigenvalue weighted by molar-refractivity contribution is -0.159. The van der Waals surface area contributed by atoms with Gasteiger partial charge in [0.1, 0.15) is 18.2 Å². The van der Waals surface area contributed by atoms with Gasteiger partial charge in [0.2, 0.25) is 0 Å². The summed E-state index contributed by atoms with van der Waals surface area (Å²) in [5.74, 6) is -1.28. The number of rotatable bonds is 8. The molecule has 0 radical (unpaired) electrons. The first kappa shape index (κ1) is 23.4. The third kappa shape index (κ3) is 4.05. The van der Waals surface area contributed by atoms with Crippen LogP contribution in [0.5, 0.6) is 0 Å². The van der Waals surface area contributed by atoms with E-state index in [0.717, 1.165) is 35.1 Å². The van der Waals surface area contributed by atoms with Crippen molar-refractivity contribution in [3.8, 4) is 11.1 Å². The molecule has 2 aliphatic carbocycles. The second-order valence-corrected chi connectivity index (χ2v) is 9.53. The maximum absolute atomic E-state index is 13.1. The van der Waals surface area contributed by atoms with Gasteiger partial charge in [-0.15, -0.1) is 0 Å². The normalized spacial score (nSPS) is 23.0. The Morgan fingerprint density at radius 3 is 2.40 bits per heavy atom. The number of carbonyl (C=O) groups excluding carboxylic acids is 2. The molecule has 2 N–H and O–H groups in total. The number of aliphatic carboxylic acids is 1. The Bertz CT molecular complexity index is 1100. The molecule has 35 heavy (non-hydrogen) atoms. The Morgan fingerprint density at radius 1 is 1.11 bits per heavy atom. The monoisotopic (exact) mass is 478 g/mol. The van der Waals surface area contributed by atoms with E-state index in [1.165, 1.54) is 12.0 Å². The molecule has 0 aromatic heterocycles. The fourth-order valence-electron chi connectivity index (χ4n) is 5.84. The van der Waals surface area contributed by atoms with Gasteiger partial charge in [-0.05, 0) is 47.4 Å². The number of ether oxygens (including phenoxy) is 2. The zero-order valence-electron chi connectivity index (χ0n) is 19.7. The summed E-state index contributed by atoms with van der Waals surface area (Å²) in [7, 11) is 1.43. The van der Waals surface area contributed by atoms with Crippen molar-refractivity contribution < 1.29 is 29.0 Å². The number of carboxylic acid groups (broad SMARTS) is 1. The predicted molar refractivity (Wildman–Crippen MR) is 128 cm³/mol. The van der Waals surface area contributed by atoms with E-state index in [1.807, 2.05) is 24.3 Å². The Kier molecular flexibility index (Phi) is 6.23. The number of nitrogens with one attached hydrogen (secondary N) is 1. The quantitative estimate of drug-likeness (QED) is 0.603. The van der Waals surface area contributed by atoms with E-state index < -0.39 is 23.7 Å². The lowest BCUT2D eigenvalue weighted by atomic mass is 9.98. The van der Waals surface area contributed by atoms with Crippen LogP contribution in [-0.4, -0.2) is 66.4 Å². The zero-order valence-corrected chi connectivity index (χ0v) is 19.7. The van der Waals surface area contributed by atoms with Crippen LogP contribution >= 0.6 is 0 Å². The minimum absolute atomic E-state index is 0.0224. The number of carbonyl (C=O) groups is 3. The molecule has 1 unspecified atom stereocenters. The fourth-order valence-corrected chi connectivity index (χ4v) is 5.84. The maximum atomic E-state index is 13.1. The smallest absolute Gasteiger partial charge is 0.407 e. The molecule has 1 heterocycles. The molecule has 2 aromatic carbocycles. The first-order chi connectivity index (χ1) is 17.0. The van der Waals surface area contributed by atoms with Gasteiger partial charge in [-0.2, -0.15) is 0 Å². The van der Waals surface area contributed by atoms with E-state index in [-0.39, 0.29) is 37.3 Å². The van der Waals surface area contributed by atoms with Crippen molar-refractivity contribution in [2.45, 2.75) is 43.2 Å². The lowest BCUT2D eigenvalue weighted by Crippen LogP contribution is -2.55. The van der Waals surface area contributed by atoms with E-state index in [4.69, 9.17) is 9.47 Å². The van der Waals surface area contributed by atoms with Crippen LogP contribution in [0, 0.1) is 5.92 Å². The van der Waals surface area contributed by atoms with Gasteiger partial charge in [-0.3, -0.25) is 4.79 Å². The molecular weight excluding hydrogens is 448 g/mol. The average Bonchev–Trinajstić information content (AvgIpc) is 3.56. The van der Waals surface area contributed by atoms with E-state index in [9.17, 15) is 19.5 Å². The van der Waals surface area contributed by atoms with Crippen LogP contribution in [0.25, 0.3) is 11.1 Å². The van der Waals surface area contributed by atoms with Crippen LogP contribution in [0.4, 0.5) is 4.79 Å². The van der Waals surface area contributed by atoms with Crippen molar-refractivity contribution in [2.24, 2.45) is 5.92 Å². The highest BCUT2D eigenvalue weighted by molar-refractivity contribution is 5.92. The summed E-state index contributed by atoms with van der Waals surface area (Å²) in [4.78, 5) is 38.8. The number of nitrogens with zero attached hydrogens (tertiary/aromatic N) is 1. The lowest BCUT2D eigenvalue weighted by Gasteiger charge is -2.35.